The Balaban J connectivity index is 1.55. The van der Waals surface area contributed by atoms with Gasteiger partial charge in [-0.1, -0.05) is 60.7 Å². The van der Waals surface area contributed by atoms with Gasteiger partial charge in [-0.15, -0.1) is 0 Å². The van der Waals surface area contributed by atoms with Crippen LogP contribution in [-0.2, 0) is 13.0 Å². The second-order valence-electron chi connectivity index (χ2n) is 7.24. The van der Waals surface area contributed by atoms with Gasteiger partial charge in [-0.3, -0.25) is 10.1 Å². The van der Waals surface area contributed by atoms with Gasteiger partial charge >= 0.3 is 5.69 Å². The van der Waals surface area contributed by atoms with Crippen LogP contribution in [0, 0.1) is 10.1 Å². The molecule has 1 aliphatic heterocycles. The third kappa shape index (κ3) is 3.20. The van der Waals surface area contributed by atoms with Crippen molar-refractivity contribution in [1.29, 1.82) is 0 Å². The van der Waals surface area contributed by atoms with Crippen LogP contribution in [0.1, 0.15) is 11.1 Å². The highest BCUT2D eigenvalue weighted by molar-refractivity contribution is 5.96. The summed E-state index contributed by atoms with van der Waals surface area (Å²) in [4.78, 5) is 22.1. The summed E-state index contributed by atoms with van der Waals surface area (Å²) in [6, 6.07) is 21.9. The normalized spacial score (nSPS) is 13.1. The topological polar surface area (TPSA) is 84.2 Å². The molecule has 0 fully saturated rings. The van der Waals surface area contributed by atoms with Crippen LogP contribution in [0.4, 0.5) is 23.0 Å². The van der Waals surface area contributed by atoms with Crippen molar-refractivity contribution in [1.82, 2.24) is 9.97 Å². The summed E-state index contributed by atoms with van der Waals surface area (Å²) in [5.41, 5.74) is 3.11. The molecule has 0 aliphatic carbocycles. The molecule has 5 rings (SSSR count). The average Bonchev–Trinajstić information content (AvgIpc) is 2.79. The molecule has 30 heavy (non-hydrogen) atoms. The van der Waals surface area contributed by atoms with E-state index in [4.69, 9.17) is 0 Å². The van der Waals surface area contributed by atoms with Crippen molar-refractivity contribution in [2.75, 3.05) is 16.8 Å². The van der Waals surface area contributed by atoms with Gasteiger partial charge in [0.15, 0.2) is 0 Å². The van der Waals surface area contributed by atoms with Gasteiger partial charge < -0.3 is 10.2 Å². The van der Waals surface area contributed by atoms with Crippen LogP contribution in [0.25, 0.3) is 10.8 Å². The van der Waals surface area contributed by atoms with Crippen molar-refractivity contribution in [3.63, 3.8) is 0 Å². The Kier molecular flexibility index (Phi) is 4.48. The van der Waals surface area contributed by atoms with Gasteiger partial charge in [0.1, 0.15) is 6.33 Å². The molecule has 0 spiro atoms. The molecule has 0 radical (unpaired) electrons. The first-order valence-electron chi connectivity index (χ1n) is 9.76. The molecule has 0 atom stereocenters. The number of nitro groups is 1. The van der Waals surface area contributed by atoms with Gasteiger partial charge in [0.2, 0.25) is 11.6 Å². The summed E-state index contributed by atoms with van der Waals surface area (Å²) in [6.45, 7) is 1.25. The van der Waals surface area contributed by atoms with E-state index < -0.39 is 4.92 Å². The number of benzene rings is 3. The first-order valence-corrected chi connectivity index (χ1v) is 9.76. The summed E-state index contributed by atoms with van der Waals surface area (Å²) in [5.74, 6) is 0.535. The summed E-state index contributed by atoms with van der Waals surface area (Å²) in [5, 5.41) is 17.2. The van der Waals surface area contributed by atoms with Crippen molar-refractivity contribution < 1.29 is 4.92 Å². The zero-order valence-corrected chi connectivity index (χ0v) is 16.2. The molecule has 1 aliphatic rings. The van der Waals surface area contributed by atoms with Crippen LogP contribution in [-0.4, -0.2) is 21.4 Å². The minimum absolute atomic E-state index is 0.107. The fourth-order valence-corrected chi connectivity index (χ4v) is 4.00. The number of anilines is 3. The Labute approximate surface area is 173 Å². The average molecular weight is 397 g/mol. The number of aromatic nitrogens is 2. The highest BCUT2D eigenvalue weighted by Crippen LogP contribution is 2.37. The van der Waals surface area contributed by atoms with E-state index in [1.807, 2.05) is 59.5 Å². The van der Waals surface area contributed by atoms with E-state index in [0.717, 1.165) is 22.9 Å². The monoisotopic (exact) mass is 397 g/mol. The van der Waals surface area contributed by atoms with Crippen LogP contribution in [0.5, 0.6) is 0 Å². The SMILES string of the molecule is O=[N+]([O-])c1c(Nc2cccc3ccccc23)ncnc1N1CCc2ccccc2C1. The third-order valence-electron chi connectivity index (χ3n) is 5.46. The van der Waals surface area contributed by atoms with Crippen LogP contribution in [0.3, 0.4) is 0 Å². The second-order valence-corrected chi connectivity index (χ2v) is 7.24. The summed E-state index contributed by atoms with van der Waals surface area (Å²) >= 11 is 0. The molecule has 3 aromatic carbocycles. The molecule has 7 nitrogen and oxygen atoms in total. The van der Waals surface area contributed by atoms with Crippen LogP contribution in [0.2, 0.25) is 0 Å². The van der Waals surface area contributed by atoms with Gasteiger partial charge in [-0.05, 0) is 29.0 Å². The number of rotatable bonds is 4. The second kappa shape index (κ2) is 7.44. The summed E-state index contributed by atoms with van der Waals surface area (Å²) < 4.78 is 0. The van der Waals surface area contributed by atoms with E-state index in [-0.39, 0.29) is 11.5 Å². The van der Waals surface area contributed by atoms with Gasteiger partial charge in [0, 0.05) is 24.2 Å². The maximum absolute atomic E-state index is 12.0. The molecule has 0 bridgehead atoms. The fourth-order valence-electron chi connectivity index (χ4n) is 4.00. The minimum Gasteiger partial charge on any atom is -0.346 e. The largest absolute Gasteiger partial charge is 0.353 e. The molecule has 0 saturated heterocycles. The Hall–Kier alpha value is -4.00. The molecular formula is C23H19N5O2. The van der Waals surface area contributed by atoms with Crippen molar-refractivity contribution in [3.8, 4) is 0 Å². The summed E-state index contributed by atoms with van der Waals surface area (Å²) in [7, 11) is 0. The van der Waals surface area contributed by atoms with Crippen molar-refractivity contribution in [3.05, 3.63) is 94.3 Å². The van der Waals surface area contributed by atoms with Crippen molar-refractivity contribution in [2.45, 2.75) is 13.0 Å². The fraction of sp³-hybridized carbons (Fsp3) is 0.130. The molecule has 1 N–H and O–H groups in total. The molecular weight excluding hydrogens is 378 g/mol. The van der Waals surface area contributed by atoms with Gasteiger partial charge in [-0.2, -0.15) is 0 Å². The lowest BCUT2D eigenvalue weighted by Crippen LogP contribution is -2.31. The van der Waals surface area contributed by atoms with E-state index in [0.29, 0.717) is 18.9 Å². The molecule has 7 heteroatoms. The molecule has 2 heterocycles. The van der Waals surface area contributed by atoms with Crippen molar-refractivity contribution >= 4 is 33.8 Å². The van der Waals surface area contributed by atoms with Crippen LogP contribution >= 0.6 is 0 Å². The minimum atomic E-state index is -0.399. The first-order chi connectivity index (χ1) is 14.7. The highest BCUT2D eigenvalue weighted by Gasteiger charge is 2.29. The van der Waals surface area contributed by atoms with Crippen LogP contribution < -0.4 is 10.2 Å². The van der Waals surface area contributed by atoms with E-state index in [2.05, 4.69) is 27.4 Å². The number of nitrogens with one attached hydrogen (secondary N) is 1. The molecule has 0 unspecified atom stereocenters. The Morgan fingerprint density at radius 1 is 0.933 bits per heavy atom. The lowest BCUT2D eigenvalue weighted by Gasteiger charge is -2.29. The molecule has 0 amide bonds. The van der Waals surface area contributed by atoms with Gasteiger partial charge in [-0.25, -0.2) is 9.97 Å². The maximum atomic E-state index is 12.0. The number of hydrogen-bond acceptors (Lipinski definition) is 6. The van der Waals surface area contributed by atoms with E-state index in [1.165, 1.54) is 17.5 Å². The van der Waals surface area contributed by atoms with E-state index in [1.54, 1.807) is 0 Å². The predicted molar refractivity (Wildman–Crippen MR) is 117 cm³/mol. The van der Waals surface area contributed by atoms with E-state index in [9.17, 15) is 10.1 Å². The third-order valence-corrected chi connectivity index (χ3v) is 5.46. The van der Waals surface area contributed by atoms with Crippen molar-refractivity contribution in [2.24, 2.45) is 0 Å². The smallest absolute Gasteiger partial charge is 0.346 e. The zero-order valence-electron chi connectivity index (χ0n) is 16.2. The summed E-state index contributed by atoms with van der Waals surface area (Å²) in [6.07, 6.45) is 2.21. The molecule has 4 aromatic rings. The Morgan fingerprint density at radius 3 is 2.57 bits per heavy atom. The Bertz CT molecular complexity index is 1250. The predicted octanol–water partition coefficient (Wildman–Crippen LogP) is 4.84. The zero-order chi connectivity index (χ0) is 20.5. The lowest BCUT2D eigenvalue weighted by molar-refractivity contribution is -0.383. The van der Waals surface area contributed by atoms with Gasteiger partial charge in [0.05, 0.1) is 4.92 Å². The van der Waals surface area contributed by atoms with E-state index >= 15 is 0 Å². The lowest BCUT2D eigenvalue weighted by atomic mass is 10.00. The molecule has 148 valence electrons. The standard InChI is InChI=1S/C23H19N5O2/c29-28(30)21-22(26-20-11-5-9-17-7-3-4-10-19(17)20)24-15-25-23(21)27-13-12-16-6-1-2-8-18(16)14-27/h1-11,15H,12-14H2,(H,24,25,26). The highest BCUT2D eigenvalue weighted by atomic mass is 16.6. The number of nitrogens with zero attached hydrogens (tertiary/aromatic N) is 4. The molecule has 0 saturated carbocycles. The first kappa shape index (κ1) is 18.1. The maximum Gasteiger partial charge on any atom is 0.353 e. The van der Waals surface area contributed by atoms with Crippen LogP contribution in [0.15, 0.2) is 73.1 Å². The molecule has 1 aromatic heterocycles. The Morgan fingerprint density at radius 2 is 1.70 bits per heavy atom. The van der Waals surface area contributed by atoms with Gasteiger partial charge in [0.25, 0.3) is 0 Å². The number of fused-ring (bicyclic) bond motifs is 2. The quantitative estimate of drug-likeness (QED) is 0.392. The number of hydrogen-bond donors (Lipinski definition) is 1.